The molecule has 0 aliphatic heterocycles. The Kier molecular flexibility index (Phi) is 11.3. The van der Waals surface area contributed by atoms with Crippen LogP contribution in [0.1, 0.15) is 18.9 Å². The van der Waals surface area contributed by atoms with Crippen LogP contribution in [0.4, 0.5) is 8.78 Å². The van der Waals surface area contributed by atoms with Crippen LogP contribution in [0.5, 0.6) is 5.75 Å². The molecule has 0 spiro atoms. The molecule has 1 N–H and O–H groups in total. The van der Waals surface area contributed by atoms with E-state index in [1.165, 1.54) is 12.1 Å². The van der Waals surface area contributed by atoms with Crippen LogP contribution in [-0.4, -0.2) is 64.5 Å². The smallest absolute Gasteiger partial charge is 0.387 e. The van der Waals surface area contributed by atoms with Gasteiger partial charge in [0.15, 0.2) is 5.96 Å². The molecule has 1 aromatic carbocycles. The quantitative estimate of drug-likeness (QED) is 0.347. The summed E-state index contributed by atoms with van der Waals surface area (Å²) in [6, 6.07) is 6.61. The Morgan fingerprint density at radius 3 is 2.54 bits per heavy atom. The van der Waals surface area contributed by atoms with Gasteiger partial charge in [0.2, 0.25) is 0 Å². The number of halogens is 2. The van der Waals surface area contributed by atoms with Crippen molar-refractivity contribution >= 4 is 5.96 Å². The topological polar surface area (TPSA) is 55.3 Å². The van der Waals surface area contributed by atoms with E-state index in [0.717, 1.165) is 24.5 Å². The van der Waals surface area contributed by atoms with Crippen LogP contribution >= 0.6 is 0 Å². The van der Waals surface area contributed by atoms with Crippen LogP contribution in [0.3, 0.4) is 0 Å². The summed E-state index contributed by atoms with van der Waals surface area (Å²) in [6.45, 7) is 3.03. The molecule has 1 rings (SSSR count). The lowest BCUT2D eigenvalue weighted by Crippen LogP contribution is -2.38. The zero-order chi connectivity index (χ0) is 19.2. The van der Waals surface area contributed by atoms with Gasteiger partial charge in [0, 0.05) is 40.4 Å². The monoisotopic (exact) mass is 373 g/mol. The number of guanidine groups is 1. The van der Waals surface area contributed by atoms with E-state index >= 15 is 0 Å². The van der Waals surface area contributed by atoms with Gasteiger partial charge in [0.05, 0.1) is 13.2 Å². The number of benzene rings is 1. The number of alkyl halides is 2. The summed E-state index contributed by atoms with van der Waals surface area (Å²) < 4.78 is 39.1. The SMILES string of the molecule is CCNC(=NCCCOCCOC)N(C)Cc1ccc(OC(F)F)cc1. The fraction of sp³-hybridized carbons (Fsp3) is 0.611. The number of hydrogen-bond acceptors (Lipinski definition) is 4. The van der Waals surface area contributed by atoms with Crippen molar-refractivity contribution in [2.45, 2.75) is 26.5 Å². The average molecular weight is 373 g/mol. The van der Waals surface area contributed by atoms with Gasteiger partial charge in [0.1, 0.15) is 5.75 Å². The first-order valence-corrected chi connectivity index (χ1v) is 8.66. The summed E-state index contributed by atoms with van der Waals surface area (Å²) in [7, 11) is 3.58. The summed E-state index contributed by atoms with van der Waals surface area (Å²) in [5.74, 6) is 0.942. The largest absolute Gasteiger partial charge is 0.435 e. The zero-order valence-electron chi connectivity index (χ0n) is 15.7. The van der Waals surface area contributed by atoms with Crippen molar-refractivity contribution in [3.8, 4) is 5.75 Å². The van der Waals surface area contributed by atoms with E-state index in [0.29, 0.717) is 32.9 Å². The highest BCUT2D eigenvalue weighted by Crippen LogP contribution is 2.15. The molecule has 0 aromatic heterocycles. The van der Waals surface area contributed by atoms with E-state index in [1.807, 2.05) is 18.9 Å². The number of rotatable bonds is 12. The van der Waals surface area contributed by atoms with E-state index in [1.54, 1.807) is 19.2 Å². The molecule has 1 aromatic rings. The van der Waals surface area contributed by atoms with Gasteiger partial charge in [-0.15, -0.1) is 0 Å². The Labute approximate surface area is 154 Å². The molecule has 0 unspecified atom stereocenters. The van der Waals surface area contributed by atoms with Crippen LogP contribution in [0.25, 0.3) is 0 Å². The van der Waals surface area contributed by atoms with E-state index < -0.39 is 6.61 Å². The third kappa shape index (κ3) is 9.53. The van der Waals surface area contributed by atoms with Gasteiger partial charge in [-0.25, -0.2) is 0 Å². The van der Waals surface area contributed by atoms with Crippen LogP contribution in [0, 0.1) is 0 Å². The average Bonchev–Trinajstić information content (AvgIpc) is 2.61. The van der Waals surface area contributed by atoms with Gasteiger partial charge in [-0.1, -0.05) is 12.1 Å². The van der Waals surface area contributed by atoms with Gasteiger partial charge in [-0.05, 0) is 31.0 Å². The van der Waals surface area contributed by atoms with Crippen molar-refractivity contribution in [2.24, 2.45) is 4.99 Å². The van der Waals surface area contributed by atoms with Crippen LogP contribution < -0.4 is 10.1 Å². The lowest BCUT2D eigenvalue weighted by molar-refractivity contribution is -0.0498. The predicted molar refractivity (Wildman–Crippen MR) is 97.8 cm³/mol. The molecule has 0 amide bonds. The first kappa shape index (κ1) is 22.1. The van der Waals surface area contributed by atoms with Gasteiger partial charge >= 0.3 is 6.61 Å². The minimum Gasteiger partial charge on any atom is -0.435 e. The first-order valence-electron chi connectivity index (χ1n) is 8.66. The maximum atomic E-state index is 12.2. The second-order valence-electron chi connectivity index (χ2n) is 5.57. The molecule has 6 nitrogen and oxygen atoms in total. The molecule has 0 heterocycles. The summed E-state index contributed by atoms with van der Waals surface area (Å²) in [5.41, 5.74) is 0.975. The van der Waals surface area contributed by atoms with E-state index in [4.69, 9.17) is 9.47 Å². The van der Waals surface area contributed by atoms with Crippen molar-refractivity contribution in [3.63, 3.8) is 0 Å². The number of ether oxygens (including phenoxy) is 3. The molecule has 0 radical (unpaired) electrons. The minimum atomic E-state index is -2.81. The third-order valence-electron chi connectivity index (χ3n) is 3.40. The fourth-order valence-electron chi connectivity index (χ4n) is 2.19. The molecule has 0 aliphatic carbocycles. The van der Waals surface area contributed by atoms with Crippen molar-refractivity contribution in [1.82, 2.24) is 10.2 Å². The Morgan fingerprint density at radius 2 is 1.92 bits per heavy atom. The van der Waals surface area contributed by atoms with Crippen molar-refractivity contribution in [1.29, 1.82) is 0 Å². The number of nitrogens with zero attached hydrogens (tertiary/aromatic N) is 2. The highest BCUT2D eigenvalue weighted by atomic mass is 19.3. The molecule has 26 heavy (non-hydrogen) atoms. The lowest BCUT2D eigenvalue weighted by Gasteiger charge is -2.22. The van der Waals surface area contributed by atoms with Gasteiger partial charge < -0.3 is 24.4 Å². The Morgan fingerprint density at radius 1 is 1.19 bits per heavy atom. The Bertz CT molecular complexity index is 513. The van der Waals surface area contributed by atoms with Crippen molar-refractivity contribution in [2.75, 3.05) is 47.1 Å². The van der Waals surface area contributed by atoms with Gasteiger partial charge in [-0.3, -0.25) is 4.99 Å². The van der Waals surface area contributed by atoms with E-state index in [-0.39, 0.29) is 5.75 Å². The summed E-state index contributed by atoms with van der Waals surface area (Å²) in [5, 5.41) is 3.24. The molecule has 0 atom stereocenters. The fourth-order valence-corrected chi connectivity index (χ4v) is 2.19. The van der Waals surface area contributed by atoms with Crippen molar-refractivity contribution < 1.29 is 23.0 Å². The molecule has 8 heteroatoms. The third-order valence-corrected chi connectivity index (χ3v) is 3.40. The Balaban J connectivity index is 2.48. The number of methoxy groups -OCH3 is 1. The number of nitrogens with one attached hydrogen (secondary N) is 1. The molecule has 0 aliphatic rings. The Hall–Kier alpha value is -1.93. The highest BCUT2D eigenvalue weighted by Gasteiger charge is 2.08. The minimum absolute atomic E-state index is 0.153. The van der Waals surface area contributed by atoms with Gasteiger partial charge in [0.25, 0.3) is 0 Å². The number of aliphatic imine (C=N–C) groups is 1. The van der Waals surface area contributed by atoms with Gasteiger partial charge in [-0.2, -0.15) is 8.78 Å². The zero-order valence-corrected chi connectivity index (χ0v) is 15.7. The molecule has 0 fully saturated rings. The number of hydrogen-bond donors (Lipinski definition) is 1. The molecule has 0 bridgehead atoms. The standard InChI is InChI=1S/C18H29F2N3O3/c1-4-21-18(22-10-5-11-25-13-12-24-3)23(2)14-15-6-8-16(9-7-15)26-17(19)20/h6-9,17H,4-5,10-14H2,1-3H3,(H,21,22). The van der Waals surface area contributed by atoms with Crippen LogP contribution in [-0.2, 0) is 16.0 Å². The molecule has 148 valence electrons. The second-order valence-corrected chi connectivity index (χ2v) is 5.57. The molecular formula is C18H29F2N3O3. The van der Waals surface area contributed by atoms with Crippen LogP contribution in [0.2, 0.25) is 0 Å². The summed E-state index contributed by atoms with van der Waals surface area (Å²) in [6.07, 6.45) is 0.826. The normalized spacial score (nSPS) is 11.7. The lowest BCUT2D eigenvalue weighted by atomic mass is 10.2. The first-order chi connectivity index (χ1) is 12.6. The van der Waals surface area contributed by atoms with E-state index in [9.17, 15) is 8.78 Å². The predicted octanol–water partition coefficient (Wildman–Crippen LogP) is 2.74. The second kappa shape index (κ2) is 13.3. The molecular weight excluding hydrogens is 344 g/mol. The van der Waals surface area contributed by atoms with Crippen molar-refractivity contribution in [3.05, 3.63) is 29.8 Å². The molecule has 0 saturated carbocycles. The maximum absolute atomic E-state index is 12.2. The maximum Gasteiger partial charge on any atom is 0.387 e. The molecule has 0 saturated heterocycles. The van der Waals surface area contributed by atoms with E-state index in [2.05, 4.69) is 15.0 Å². The highest BCUT2D eigenvalue weighted by molar-refractivity contribution is 5.79. The summed E-state index contributed by atoms with van der Waals surface area (Å²) >= 11 is 0. The van der Waals surface area contributed by atoms with Crippen LogP contribution in [0.15, 0.2) is 29.3 Å². The summed E-state index contributed by atoms with van der Waals surface area (Å²) in [4.78, 5) is 6.56.